The van der Waals surface area contributed by atoms with Crippen LogP contribution in [0.3, 0.4) is 0 Å². The summed E-state index contributed by atoms with van der Waals surface area (Å²) in [7, 11) is 0. The number of nitrogens with one attached hydrogen (secondary N) is 1. The van der Waals surface area contributed by atoms with Crippen LogP contribution in [-0.2, 0) is 19.5 Å². The van der Waals surface area contributed by atoms with E-state index in [0.29, 0.717) is 4.77 Å². The van der Waals surface area contributed by atoms with Gasteiger partial charge in [0.05, 0.1) is 5.69 Å². The third-order valence-electron chi connectivity index (χ3n) is 4.13. The fraction of sp³-hybridized carbons (Fsp3) is 0.235. The minimum atomic E-state index is 0.573. The van der Waals surface area contributed by atoms with Gasteiger partial charge in [-0.2, -0.15) is 11.3 Å². The maximum absolute atomic E-state index is 5.11. The Morgan fingerprint density at radius 1 is 1.30 bits per heavy atom. The highest BCUT2D eigenvalue weighted by molar-refractivity contribution is 7.71. The molecule has 3 aromatic heterocycles. The van der Waals surface area contributed by atoms with Crippen LogP contribution in [0, 0.1) is 4.77 Å². The van der Waals surface area contributed by atoms with Gasteiger partial charge in [0, 0.05) is 60.6 Å². The summed E-state index contributed by atoms with van der Waals surface area (Å²) < 4.78 is 0.573. The number of thiophene rings is 1. The largest absolute Gasteiger partial charge is 0.334 e. The van der Waals surface area contributed by atoms with Crippen molar-refractivity contribution in [2.75, 3.05) is 6.54 Å². The van der Waals surface area contributed by atoms with Gasteiger partial charge in [0.1, 0.15) is 0 Å². The zero-order valence-electron chi connectivity index (χ0n) is 12.5. The molecular weight excluding hydrogens is 324 g/mol. The topological polar surface area (TPSA) is 44.8 Å². The smallest absolute Gasteiger partial charge is 0.196 e. The summed E-state index contributed by atoms with van der Waals surface area (Å²) in [5.41, 5.74) is 6.03. The first-order valence-corrected chi connectivity index (χ1v) is 8.90. The Morgan fingerprint density at radius 2 is 2.26 bits per heavy atom. The van der Waals surface area contributed by atoms with Gasteiger partial charge in [-0.15, -0.1) is 0 Å². The van der Waals surface area contributed by atoms with Gasteiger partial charge in [0.2, 0.25) is 0 Å². The minimum Gasteiger partial charge on any atom is -0.334 e. The minimum absolute atomic E-state index is 0.573. The Kier molecular flexibility index (Phi) is 4.03. The van der Waals surface area contributed by atoms with Gasteiger partial charge in [-0.3, -0.25) is 9.88 Å². The van der Waals surface area contributed by atoms with E-state index in [0.717, 1.165) is 31.7 Å². The Balaban J connectivity index is 1.58. The molecule has 0 aliphatic carbocycles. The van der Waals surface area contributed by atoms with Gasteiger partial charge in [0.25, 0.3) is 0 Å². The van der Waals surface area contributed by atoms with E-state index in [1.54, 1.807) is 11.3 Å². The molecule has 0 unspecified atom stereocenters. The first-order valence-electron chi connectivity index (χ1n) is 7.55. The Morgan fingerprint density at radius 3 is 3.13 bits per heavy atom. The van der Waals surface area contributed by atoms with Crippen LogP contribution in [0.1, 0.15) is 16.8 Å². The standard InChI is InChI=1S/C17H16N4S2/c22-17-19-8-14-10-21(6-3-15(14)20-17)9-12-2-1-5-18-16(12)13-4-7-23-11-13/h1-2,4-5,7-8,11H,3,6,9-10H2,(H,19,20,22). The van der Waals surface area contributed by atoms with Crippen LogP contribution in [0.15, 0.2) is 41.4 Å². The number of fused-ring (bicyclic) bond motifs is 1. The molecule has 23 heavy (non-hydrogen) atoms. The van der Waals surface area contributed by atoms with E-state index < -0.39 is 0 Å². The van der Waals surface area contributed by atoms with Gasteiger partial charge in [-0.25, -0.2) is 4.98 Å². The summed E-state index contributed by atoms with van der Waals surface area (Å²) in [6, 6.07) is 6.32. The Labute approximate surface area is 143 Å². The zero-order chi connectivity index (χ0) is 15.6. The first-order chi connectivity index (χ1) is 11.3. The molecule has 4 heterocycles. The number of rotatable bonds is 3. The van der Waals surface area contributed by atoms with Crippen molar-refractivity contribution in [2.45, 2.75) is 19.5 Å². The highest BCUT2D eigenvalue weighted by Crippen LogP contribution is 2.26. The molecule has 6 heteroatoms. The summed E-state index contributed by atoms with van der Waals surface area (Å²) in [6.45, 7) is 2.81. The SMILES string of the molecule is S=c1ncc2c([nH]1)CCN(Cc1cccnc1-c1ccsc1)C2. The lowest BCUT2D eigenvalue weighted by molar-refractivity contribution is 0.243. The van der Waals surface area contributed by atoms with Gasteiger partial charge >= 0.3 is 0 Å². The molecule has 0 saturated carbocycles. The predicted octanol–water partition coefficient (Wildman–Crippen LogP) is 3.82. The van der Waals surface area contributed by atoms with Crippen LogP contribution in [0.5, 0.6) is 0 Å². The molecule has 0 radical (unpaired) electrons. The van der Waals surface area contributed by atoms with E-state index in [2.05, 4.69) is 42.7 Å². The number of nitrogens with zero attached hydrogens (tertiary/aromatic N) is 3. The maximum Gasteiger partial charge on any atom is 0.196 e. The predicted molar refractivity (Wildman–Crippen MR) is 94.8 cm³/mol. The van der Waals surface area contributed by atoms with Crippen molar-refractivity contribution in [1.82, 2.24) is 19.9 Å². The number of hydrogen-bond donors (Lipinski definition) is 1. The van der Waals surface area contributed by atoms with Crippen molar-refractivity contribution >= 4 is 23.6 Å². The molecule has 0 amide bonds. The molecule has 1 aliphatic rings. The molecule has 0 saturated heterocycles. The lowest BCUT2D eigenvalue weighted by atomic mass is 10.0. The lowest BCUT2D eigenvalue weighted by Gasteiger charge is -2.28. The maximum atomic E-state index is 5.11. The molecule has 0 fully saturated rings. The van der Waals surface area contributed by atoms with E-state index in [4.69, 9.17) is 12.2 Å². The summed E-state index contributed by atoms with van der Waals surface area (Å²) in [5.74, 6) is 0. The third kappa shape index (κ3) is 3.10. The quantitative estimate of drug-likeness (QED) is 0.736. The van der Waals surface area contributed by atoms with Gasteiger partial charge in [-0.1, -0.05) is 6.07 Å². The first kappa shape index (κ1) is 14.7. The van der Waals surface area contributed by atoms with Crippen LogP contribution in [-0.4, -0.2) is 26.4 Å². The normalized spacial score (nSPS) is 14.6. The summed E-state index contributed by atoms with van der Waals surface area (Å²) >= 11 is 6.81. The molecule has 0 aromatic carbocycles. The zero-order valence-corrected chi connectivity index (χ0v) is 14.2. The van der Waals surface area contributed by atoms with Crippen LogP contribution >= 0.6 is 23.6 Å². The molecule has 116 valence electrons. The lowest BCUT2D eigenvalue weighted by Crippen LogP contribution is -2.31. The number of aromatic amines is 1. The summed E-state index contributed by atoms with van der Waals surface area (Å²) in [4.78, 5) is 14.5. The fourth-order valence-corrected chi connectivity index (χ4v) is 3.82. The molecule has 0 spiro atoms. The number of aromatic nitrogens is 3. The molecule has 1 aliphatic heterocycles. The molecule has 4 nitrogen and oxygen atoms in total. The van der Waals surface area contributed by atoms with Crippen molar-refractivity contribution in [1.29, 1.82) is 0 Å². The van der Waals surface area contributed by atoms with Crippen molar-refractivity contribution in [3.05, 3.63) is 62.9 Å². The molecule has 4 rings (SSSR count). The Hall–Kier alpha value is -1.89. The van der Waals surface area contributed by atoms with E-state index in [1.807, 2.05) is 18.5 Å². The fourth-order valence-electron chi connectivity index (χ4n) is 3.01. The second-order valence-corrected chi connectivity index (χ2v) is 6.84. The van der Waals surface area contributed by atoms with Crippen LogP contribution in [0.2, 0.25) is 0 Å². The highest BCUT2D eigenvalue weighted by atomic mass is 32.1. The van der Waals surface area contributed by atoms with Crippen LogP contribution in [0.25, 0.3) is 11.3 Å². The second-order valence-electron chi connectivity index (χ2n) is 5.68. The molecule has 3 aromatic rings. The van der Waals surface area contributed by atoms with Crippen LogP contribution < -0.4 is 0 Å². The third-order valence-corrected chi connectivity index (χ3v) is 5.03. The molecule has 1 N–H and O–H groups in total. The average Bonchev–Trinajstić information content (AvgIpc) is 3.10. The average molecular weight is 340 g/mol. The van der Waals surface area contributed by atoms with E-state index >= 15 is 0 Å². The molecule has 0 atom stereocenters. The van der Waals surface area contributed by atoms with Crippen molar-refractivity contribution in [3.8, 4) is 11.3 Å². The highest BCUT2D eigenvalue weighted by Gasteiger charge is 2.18. The van der Waals surface area contributed by atoms with Crippen molar-refractivity contribution < 1.29 is 0 Å². The van der Waals surface area contributed by atoms with Crippen molar-refractivity contribution in [3.63, 3.8) is 0 Å². The van der Waals surface area contributed by atoms with Gasteiger partial charge < -0.3 is 4.98 Å². The number of hydrogen-bond acceptors (Lipinski definition) is 5. The van der Waals surface area contributed by atoms with Crippen molar-refractivity contribution in [2.24, 2.45) is 0 Å². The summed E-state index contributed by atoms with van der Waals surface area (Å²) in [5, 5.41) is 4.25. The van der Waals surface area contributed by atoms with Crippen LogP contribution in [0.4, 0.5) is 0 Å². The molecule has 0 bridgehead atoms. The van der Waals surface area contributed by atoms with E-state index in [-0.39, 0.29) is 0 Å². The second kappa shape index (κ2) is 6.31. The van der Waals surface area contributed by atoms with E-state index in [1.165, 1.54) is 22.4 Å². The monoisotopic (exact) mass is 340 g/mol. The van der Waals surface area contributed by atoms with E-state index in [9.17, 15) is 0 Å². The number of pyridine rings is 1. The number of H-pyrrole nitrogens is 1. The van der Waals surface area contributed by atoms with Gasteiger partial charge in [0.15, 0.2) is 4.77 Å². The molecular formula is C17H16N4S2. The summed E-state index contributed by atoms with van der Waals surface area (Å²) in [6.07, 6.45) is 4.75. The van der Waals surface area contributed by atoms with Gasteiger partial charge in [-0.05, 0) is 35.3 Å². The Bertz CT molecular complexity index is 870.